The number of hydrogen-bond acceptors (Lipinski definition) is 4. The minimum absolute atomic E-state index is 0.0296. The lowest BCUT2D eigenvalue weighted by Gasteiger charge is -2.21. The van der Waals surface area contributed by atoms with Crippen molar-refractivity contribution in [2.24, 2.45) is 0 Å². The molecule has 0 bridgehead atoms. The fraction of sp³-hybridized carbons (Fsp3) is 0.304. The molecule has 4 heterocycles. The third-order valence-electron chi connectivity index (χ3n) is 6.76. The van der Waals surface area contributed by atoms with Gasteiger partial charge in [-0.25, -0.2) is 4.79 Å². The molecule has 6 rings (SSSR count). The second kappa shape index (κ2) is 6.80. The summed E-state index contributed by atoms with van der Waals surface area (Å²) in [6.45, 7) is 1.08. The number of halogens is 1. The quantitative estimate of drug-likeness (QED) is 0.607. The number of rotatable bonds is 5. The zero-order valence-electron chi connectivity index (χ0n) is 17.2. The van der Waals surface area contributed by atoms with Crippen molar-refractivity contribution < 1.29 is 14.4 Å². The third-order valence-corrected chi connectivity index (χ3v) is 7.00. The highest BCUT2D eigenvalue weighted by atomic mass is 35.5. The molecule has 1 aromatic carbocycles. The standard InChI is InChI=1S/C23H20ClN5O3/c24-15-1-2-18-14(9-15)10-16(27(18)7-8-28-20(30)12-26-22(28)32)13-29-19-11-25-6-3-17(19)23(4-5-23)21(29)31/h1-3,6,9-11H,4-5,7-8,12-13H2,(H,26,32). The molecule has 0 radical (unpaired) electrons. The van der Waals surface area contributed by atoms with Gasteiger partial charge in [-0.1, -0.05) is 11.6 Å². The van der Waals surface area contributed by atoms with Crippen molar-refractivity contribution in [2.45, 2.75) is 31.3 Å². The van der Waals surface area contributed by atoms with Crippen LogP contribution >= 0.6 is 11.6 Å². The average molecular weight is 450 g/mol. The minimum atomic E-state index is -0.390. The first-order valence-electron chi connectivity index (χ1n) is 10.6. The average Bonchev–Trinajstić information content (AvgIpc) is 3.38. The predicted octanol–water partition coefficient (Wildman–Crippen LogP) is 2.82. The maximum Gasteiger partial charge on any atom is 0.324 e. The lowest BCUT2D eigenvalue weighted by Crippen LogP contribution is -2.35. The fourth-order valence-corrected chi connectivity index (χ4v) is 5.17. The Bertz CT molecular complexity index is 1300. The number of imide groups is 1. The topological polar surface area (TPSA) is 87.5 Å². The lowest BCUT2D eigenvalue weighted by molar-refractivity contribution is -0.125. The summed E-state index contributed by atoms with van der Waals surface area (Å²) in [7, 11) is 0. The van der Waals surface area contributed by atoms with Crippen molar-refractivity contribution >= 4 is 46.0 Å². The van der Waals surface area contributed by atoms with Crippen LogP contribution in [0.3, 0.4) is 0 Å². The number of hydrogen-bond donors (Lipinski definition) is 1. The van der Waals surface area contributed by atoms with Gasteiger partial charge in [0, 0.05) is 40.9 Å². The van der Waals surface area contributed by atoms with E-state index in [1.165, 1.54) is 4.90 Å². The number of pyridine rings is 1. The summed E-state index contributed by atoms with van der Waals surface area (Å²) in [6.07, 6.45) is 5.23. The van der Waals surface area contributed by atoms with Crippen LogP contribution in [0.4, 0.5) is 10.5 Å². The smallest absolute Gasteiger partial charge is 0.324 e. The van der Waals surface area contributed by atoms with E-state index in [4.69, 9.17) is 11.6 Å². The molecule has 0 atom stereocenters. The van der Waals surface area contributed by atoms with Gasteiger partial charge in [0.1, 0.15) is 0 Å². The summed E-state index contributed by atoms with van der Waals surface area (Å²) in [5.74, 6) is -0.120. The summed E-state index contributed by atoms with van der Waals surface area (Å²) in [5, 5.41) is 4.12. The van der Waals surface area contributed by atoms with Crippen molar-refractivity contribution in [1.29, 1.82) is 0 Å². The maximum atomic E-state index is 13.3. The molecule has 1 N–H and O–H groups in total. The maximum absolute atomic E-state index is 13.3. The van der Waals surface area contributed by atoms with Gasteiger partial charge in [-0.2, -0.15) is 0 Å². The molecular weight excluding hydrogens is 430 g/mol. The van der Waals surface area contributed by atoms with Crippen LogP contribution in [-0.4, -0.2) is 45.4 Å². The van der Waals surface area contributed by atoms with Gasteiger partial charge in [-0.3, -0.25) is 19.5 Å². The van der Waals surface area contributed by atoms with Crippen LogP contribution in [-0.2, 0) is 28.1 Å². The Kier molecular flexibility index (Phi) is 4.10. The van der Waals surface area contributed by atoms with E-state index in [0.717, 1.165) is 40.7 Å². The molecule has 1 saturated carbocycles. The predicted molar refractivity (Wildman–Crippen MR) is 118 cm³/mol. The number of anilines is 1. The SMILES string of the molecule is O=C1CNC(=O)N1CCn1c(CN2C(=O)C3(CC3)c3ccncc32)cc2cc(Cl)ccc21. The Morgan fingerprint density at radius 3 is 2.66 bits per heavy atom. The van der Waals surface area contributed by atoms with Crippen LogP contribution in [0.5, 0.6) is 0 Å². The van der Waals surface area contributed by atoms with Gasteiger partial charge >= 0.3 is 6.03 Å². The number of benzene rings is 1. The Labute approximate surface area is 188 Å². The largest absolute Gasteiger partial charge is 0.341 e. The van der Waals surface area contributed by atoms with Gasteiger partial charge in [-0.15, -0.1) is 0 Å². The van der Waals surface area contributed by atoms with Gasteiger partial charge in [-0.05, 0) is 48.7 Å². The van der Waals surface area contributed by atoms with Crippen LogP contribution < -0.4 is 10.2 Å². The van der Waals surface area contributed by atoms with E-state index in [2.05, 4.69) is 14.9 Å². The molecule has 2 aromatic heterocycles. The Hall–Kier alpha value is -3.39. The van der Waals surface area contributed by atoms with Crippen LogP contribution in [0.15, 0.2) is 42.7 Å². The summed E-state index contributed by atoms with van der Waals surface area (Å²) in [4.78, 5) is 44.7. The zero-order valence-corrected chi connectivity index (χ0v) is 17.9. The monoisotopic (exact) mass is 449 g/mol. The van der Waals surface area contributed by atoms with Crippen LogP contribution in [0, 0.1) is 0 Å². The second-order valence-electron chi connectivity index (χ2n) is 8.56. The summed E-state index contributed by atoms with van der Waals surface area (Å²) in [6, 6.07) is 9.23. The van der Waals surface area contributed by atoms with Gasteiger partial charge in [0.05, 0.1) is 30.4 Å². The molecular formula is C23H20ClN5O3. The summed E-state index contributed by atoms with van der Waals surface area (Å²) in [5.41, 5.74) is 3.38. The third kappa shape index (κ3) is 2.75. The minimum Gasteiger partial charge on any atom is -0.341 e. The van der Waals surface area contributed by atoms with Gasteiger partial charge in [0.25, 0.3) is 0 Å². The van der Waals surface area contributed by atoms with E-state index in [0.29, 0.717) is 18.1 Å². The Balaban J connectivity index is 1.37. The van der Waals surface area contributed by atoms with Gasteiger partial charge in [0.15, 0.2) is 0 Å². The fourth-order valence-electron chi connectivity index (χ4n) is 4.99. The van der Waals surface area contributed by atoms with Crippen molar-refractivity contribution in [3.8, 4) is 0 Å². The van der Waals surface area contributed by atoms with Crippen molar-refractivity contribution in [3.63, 3.8) is 0 Å². The Morgan fingerprint density at radius 1 is 1.06 bits per heavy atom. The number of carbonyl (C=O) groups is 3. The molecule has 1 saturated heterocycles. The normalized spacial score (nSPS) is 18.7. The summed E-state index contributed by atoms with van der Waals surface area (Å²) < 4.78 is 2.06. The van der Waals surface area contributed by atoms with E-state index >= 15 is 0 Å². The lowest BCUT2D eigenvalue weighted by atomic mass is 9.99. The van der Waals surface area contributed by atoms with E-state index in [1.54, 1.807) is 12.4 Å². The molecule has 4 amide bonds. The van der Waals surface area contributed by atoms with E-state index in [9.17, 15) is 14.4 Å². The van der Waals surface area contributed by atoms with E-state index < -0.39 is 5.41 Å². The summed E-state index contributed by atoms with van der Waals surface area (Å²) >= 11 is 6.22. The molecule has 2 aliphatic heterocycles. The van der Waals surface area contributed by atoms with Crippen LogP contribution in [0.25, 0.3) is 10.9 Å². The highest BCUT2D eigenvalue weighted by Crippen LogP contribution is 2.57. The molecule has 0 unspecified atom stereocenters. The first-order valence-corrected chi connectivity index (χ1v) is 11.0. The van der Waals surface area contributed by atoms with E-state index in [-0.39, 0.29) is 30.9 Å². The first-order chi connectivity index (χ1) is 15.5. The Morgan fingerprint density at radius 2 is 1.91 bits per heavy atom. The molecule has 8 nitrogen and oxygen atoms in total. The number of amides is 4. The second-order valence-corrected chi connectivity index (χ2v) is 9.00. The number of urea groups is 1. The van der Waals surface area contributed by atoms with Crippen LogP contribution in [0.1, 0.15) is 24.1 Å². The molecule has 2 fully saturated rings. The number of aromatic nitrogens is 2. The molecule has 32 heavy (non-hydrogen) atoms. The molecule has 9 heteroatoms. The van der Waals surface area contributed by atoms with Crippen LogP contribution in [0.2, 0.25) is 5.02 Å². The molecule has 1 spiro atoms. The highest BCUT2D eigenvalue weighted by molar-refractivity contribution is 6.31. The van der Waals surface area contributed by atoms with Crippen molar-refractivity contribution in [2.75, 3.05) is 18.0 Å². The number of nitrogens with zero attached hydrogens (tertiary/aromatic N) is 4. The van der Waals surface area contributed by atoms with Gasteiger partial charge in [0.2, 0.25) is 11.8 Å². The van der Waals surface area contributed by atoms with Crippen molar-refractivity contribution in [1.82, 2.24) is 19.8 Å². The van der Waals surface area contributed by atoms with E-state index in [1.807, 2.05) is 35.2 Å². The number of fused-ring (bicyclic) bond motifs is 3. The number of nitrogens with one attached hydrogen (secondary N) is 1. The van der Waals surface area contributed by atoms with Crippen molar-refractivity contribution in [3.05, 3.63) is 59.0 Å². The number of carbonyl (C=O) groups excluding carboxylic acids is 3. The molecule has 162 valence electrons. The molecule has 1 aliphatic carbocycles. The van der Waals surface area contributed by atoms with Gasteiger partial charge < -0.3 is 14.8 Å². The highest BCUT2D eigenvalue weighted by Gasteiger charge is 2.59. The molecule has 3 aliphatic rings. The first kappa shape index (κ1) is 19.3. The molecule has 3 aromatic rings. The zero-order chi connectivity index (χ0) is 22.0.